The predicted molar refractivity (Wildman–Crippen MR) is 118 cm³/mol. The maximum atomic E-state index is 13.7. The Labute approximate surface area is 179 Å². The van der Waals surface area contributed by atoms with Gasteiger partial charge in [0.1, 0.15) is 5.82 Å². The van der Waals surface area contributed by atoms with Crippen LogP contribution in [-0.4, -0.2) is 24.5 Å². The molecular formula is C24H19FN2O3S. The van der Waals surface area contributed by atoms with Gasteiger partial charge in [-0.05, 0) is 53.4 Å². The lowest BCUT2D eigenvalue weighted by molar-refractivity contribution is 0.601. The number of halogens is 1. The first-order valence-electron chi connectivity index (χ1n) is 9.54. The van der Waals surface area contributed by atoms with Gasteiger partial charge >= 0.3 is 0 Å². The smallest absolute Gasteiger partial charge is 0.267 e. The molecule has 3 aromatic carbocycles. The van der Waals surface area contributed by atoms with Crippen LogP contribution in [0, 0.1) is 5.82 Å². The molecule has 0 amide bonds. The number of nitrogens with zero attached hydrogens (tertiary/aromatic N) is 2. The van der Waals surface area contributed by atoms with Crippen LogP contribution in [0.4, 0.5) is 4.39 Å². The van der Waals surface area contributed by atoms with E-state index in [0.29, 0.717) is 28.8 Å². The van der Waals surface area contributed by atoms with Crippen LogP contribution in [0.1, 0.15) is 11.1 Å². The zero-order valence-corrected chi connectivity index (χ0v) is 17.5. The maximum absolute atomic E-state index is 13.7. The molecule has 1 aromatic heterocycles. The lowest BCUT2D eigenvalue weighted by Gasteiger charge is -2.14. The van der Waals surface area contributed by atoms with E-state index in [4.69, 9.17) is 0 Å². The van der Waals surface area contributed by atoms with E-state index in [-0.39, 0.29) is 16.3 Å². The minimum atomic E-state index is -3.51. The zero-order valence-electron chi connectivity index (χ0n) is 16.7. The maximum Gasteiger partial charge on any atom is 0.279 e. The SMILES string of the molecule is CS(=O)(=O)c1ccc(Cc2cccc(F)c2)c(-n2nccc(-c3ccccc3)c2=O)c1. The molecule has 4 rings (SSSR count). The quantitative estimate of drug-likeness (QED) is 0.476. The molecule has 0 bridgehead atoms. The van der Waals surface area contributed by atoms with Gasteiger partial charge in [-0.15, -0.1) is 0 Å². The molecule has 4 aromatic rings. The van der Waals surface area contributed by atoms with Crippen LogP contribution in [-0.2, 0) is 16.3 Å². The second-order valence-corrected chi connectivity index (χ2v) is 9.21. The molecular weight excluding hydrogens is 415 g/mol. The minimum absolute atomic E-state index is 0.0734. The molecule has 0 fully saturated rings. The molecule has 0 aliphatic rings. The summed E-state index contributed by atoms with van der Waals surface area (Å²) in [5.74, 6) is -0.367. The van der Waals surface area contributed by atoms with Crippen LogP contribution in [0.3, 0.4) is 0 Å². The Balaban J connectivity index is 1.91. The third-order valence-electron chi connectivity index (χ3n) is 4.93. The number of hydrogen-bond donors (Lipinski definition) is 0. The molecule has 0 unspecified atom stereocenters. The van der Waals surface area contributed by atoms with E-state index in [1.165, 1.54) is 35.1 Å². The zero-order chi connectivity index (χ0) is 22.0. The first-order valence-corrected chi connectivity index (χ1v) is 11.4. The normalized spacial score (nSPS) is 11.4. The summed E-state index contributed by atoms with van der Waals surface area (Å²) < 4.78 is 39.2. The Kier molecular flexibility index (Phi) is 5.52. The van der Waals surface area contributed by atoms with Crippen LogP contribution in [0.15, 0.2) is 94.7 Å². The Morgan fingerprint density at radius 1 is 0.935 bits per heavy atom. The van der Waals surface area contributed by atoms with Gasteiger partial charge in [-0.3, -0.25) is 4.79 Å². The number of rotatable bonds is 5. The van der Waals surface area contributed by atoms with Crippen molar-refractivity contribution in [2.24, 2.45) is 0 Å². The lowest BCUT2D eigenvalue weighted by Crippen LogP contribution is -2.23. The average molecular weight is 434 g/mol. The van der Waals surface area contributed by atoms with Gasteiger partial charge in [0.25, 0.3) is 5.56 Å². The summed E-state index contributed by atoms with van der Waals surface area (Å²) in [7, 11) is -3.51. The van der Waals surface area contributed by atoms with Gasteiger partial charge in [0.15, 0.2) is 9.84 Å². The topological polar surface area (TPSA) is 69.0 Å². The molecule has 0 atom stereocenters. The number of benzene rings is 3. The second-order valence-electron chi connectivity index (χ2n) is 7.20. The van der Waals surface area contributed by atoms with Crippen molar-refractivity contribution in [3.63, 3.8) is 0 Å². The van der Waals surface area contributed by atoms with Gasteiger partial charge < -0.3 is 0 Å². The van der Waals surface area contributed by atoms with Crippen molar-refractivity contribution in [3.8, 4) is 16.8 Å². The van der Waals surface area contributed by atoms with Crippen LogP contribution in [0.25, 0.3) is 16.8 Å². The van der Waals surface area contributed by atoms with Gasteiger partial charge in [0, 0.05) is 12.5 Å². The minimum Gasteiger partial charge on any atom is -0.267 e. The molecule has 7 heteroatoms. The van der Waals surface area contributed by atoms with Crippen molar-refractivity contribution in [1.82, 2.24) is 9.78 Å². The highest BCUT2D eigenvalue weighted by atomic mass is 32.2. The first-order chi connectivity index (χ1) is 14.8. The Morgan fingerprint density at radius 2 is 1.71 bits per heavy atom. The van der Waals surface area contributed by atoms with Crippen molar-refractivity contribution in [2.45, 2.75) is 11.3 Å². The summed E-state index contributed by atoms with van der Waals surface area (Å²) in [5, 5.41) is 4.21. The van der Waals surface area contributed by atoms with Crippen LogP contribution in [0.2, 0.25) is 0 Å². The molecule has 0 aliphatic carbocycles. The Bertz CT molecular complexity index is 1410. The van der Waals surface area contributed by atoms with Crippen LogP contribution in [0.5, 0.6) is 0 Å². The fourth-order valence-electron chi connectivity index (χ4n) is 3.41. The van der Waals surface area contributed by atoms with Gasteiger partial charge in [0.05, 0.1) is 16.1 Å². The van der Waals surface area contributed by atoms with Crippen molar-refractivity contribution < 1.29 is 12.8 Å². The van der Waals surface area contributed by atoms with E-state index in [1.807, 2.05) is 30.3 Å². The molecule has 0 N–H and O–H groups in total. The van der Waals surface area contributed by atoms with E-state index in [0.717, 1.165) is 11.8 Å². The molecule has 0 aliphatic heterocycles. The van der Waals surface area contributed by atoms with Gasteiger partial charge in [-0.1, -0.05) is 48.5 Å². The first kappa shape index (κ1) is 20.7. The third-order valence-corrected chi connectivity index (χ3v) is 6.04. The predicted octanol–water partition coefficient (Wildman–Crippen LogP) is 4.03. The summed E-state index contributed by atoms with van der Waals surface area (Å²) in [6.45, 7) is 0. The standard InChI is InChI=1S/C24H19FN2O3S/c1-31(29,30)21-11-10-19(14-17-6-5-9-20(25)15-17)23(16-21)27-24(28)22(12-13-26-27)18-7-3-2-4-8-18/h2-13,15-16H,14H2,1H3. The molecule has 0 saturated heterocycles. The van der Waals surface area contributed by atoms with E-state index in [1.54, 1.807) is 24.3 Å². The molecule has 0 radical (unpaired) electrons. The average Bonchev–Trinajstić information content (AvgIpc) is 2.74. The molecule has 31 heavy (non-hydrogen) atoms. The number of sulfone groups is 1. The fraction of sp³-hybridized carbons (Fsp3) is 0.0833. The van der Waals surface area contributed by atoms with Crippen molar-refractivity contribution in [2.75, 3.05) is 6.26 Å². The van der Waals surface area contributed by atoms with E-state index in [9.17, 15) is 17.6 Å². The van der Waals surface area contributed by atoms with Gasteiger partial charge in [-0.25, -0.2) is 12.8 Å². The highest BCUT2D eigenvalue weighted by molar-refractivity contribution is 7.90. The summed E-state index contributed by atoms with van der Waals surface area (Å²) in [6.07, 6.45) is 2.92. The van der Waals surface area contributed by atoms with E-state index >= 15 is 0 Å². The van der Waals surface area contributed by atoms with E-state index in [2.05, 4.69) is 5.10 Å². The van der Waals surface area contributed by atoms with Gasteiger partial charge in [-0.2, -0.15) is 9.78 Å². The van der Waals surface area contributed by atoms with Crippen molar-refractivity contribution >= 4 is 9.84 Å². The van der Waals surface area contributed by atoms with Gasteiger partial charge in [0.2, 0.25) is 0 Å². The Hall–Kier alpha value is -3.58. The highest BCUT2D eigenvalue weighted by Gasteiger charge is 2.16. The van der Waals surface area contributed by atoms with Crippen LogP contribution < -0.4 is 5.56 Å². The molecule has 5 nitrogen and oxygen atoms in total. The Morgan fingerprint density at radius 3 is 2.42 bits per heavy atom. The lowest BCUT2D eigenvalue weighted by atomic mass is 10.0. The van der Waals surface area contributed by atoms with Crippen LogP contribution >= 0.6 is 0 Å². The monoisotopic (exact) mass is 434 g/mol. The summed E-state index contributed by atoms with van der Waals surface area (Å²) >= 11 is 0. The third kappa shape index (κ3) is 4.46. The molecule has 1 heterocycles. The van der Waals surface area contributed by atoms with Crippen molar-refractivity contribution in [3.05, 3.63) is 112 Å². The molecule has 0 spiro atoms. The summed E-state index contributed by atoms with van der Waals surface area (Å²) in [6, 6.07) is 21.5. The largest absolute Gasteiger partial charge is 0.279 e. The fourth-order valence-corrected chi connectivity index (χ4v) is 4.05. The summed E-state index contributed by atoms with van der Waals surface area (Å²) in [4.78, 5) is 13.4. The van der Waals surface area contributed by atoms with Crippen molar-refractivity contribution in [1.29, 1.82) is 0 Å². The highest BCUT2D eigenvalue weighted by Crippen LogP contribution is 2.23. The number of hydrogen-bond acceptors (Lipinski definition) is 4. The molecule has 156 valence electrons. The van der Waals surface area contributed by atoms with E-state index < -0.39 is 9.84 Å². The number of aromatic nitrogens is 2. The summed E-state index contributed by atoms with van der Waals surface area (Å²) in [5.41, 5.74) is 2.49. The molecule has 0 saturated carbocycles. The second kappa shape index (κ2) is 8.28.